The molecule has 22 heavy (non-hydrogen) atoms. The fourth-order valence-electron chi connectivity index (χ4n) is 3.03. The number of hydrogen-bond acceptors (Lipinski definition) is 2. The molecule has 0 spiro atoms. The van der Waals surface area contributed by atoms with Gasteiger partial charge in [-0.2, -0.15) is 10.4 Å². The molecule has 0 aromatic carbocycles. The summed E-state index contributed by atoms with van der Waals surface area (Å²) in [5, 5.41) is 19.2. The molecule has 0 amide bonds. The SMILES string of the molecule is CCCCCCCCCCCCCCCC[N+](O)(O)CCC. The van der Waals surface area contributed by atoms with Crippen molar-refractivity contribution in [2.24, 2.45) is 0 Å². The van der Waals surface area contributed by atoms with Gasteiger partial charge in [0.15, 0.2) is 0 Å². The fourth-order valence-corrected chi connectivity index (χ4v) is 3.03. The average Bonchev–Trinajstić information content (AvgIpc) is 2.47. The van der Waals surface area contributed by atoms with E-state index in [2.05, 4.69) is 6.92 Å². The summed E-state index contributed by atoms with van der Waals surface area (Å²) in [5.41, 5.74) is 0. The second kappa shape index (κ2) is 15.8. The lowest BCUT2D eigenvalue weighted by molar-refractivity contribution is -1.24. The van der Waals surface area contributed by atoms with E-state index in [0.717, 1.165) is 19.3 Å². The Morgan fingerprint density at radius 3 is 1.18 bits per heavy atom. The third-order valence-electron chi connectivity index (χ3n) is 4.45. The number of unbranched alkanes of at least 4 members (excludes halogenated alkanes) is 13. The molecule has 0 aromatic heterocycles. The molecule has 0 heterocycles. The van der Waals surface area contributed by atoms with Crippen LogP contribution in [0, 0.1) is 0 Å². The Balaban J connectivity index is 3.11. The van der Waals surface area contributed by atoms with Crippen molar-refractivity contribution in [1.82, 2.24) is 0 Å². The van der Waals surface area contributed by atoms with E-state index in [1.165, 1.54) is 77.0 Å². The van der Waals surface area contributed by atoms with Gasteiger partial charge in [-0.25, -0.2) is 0 Å². The molecule has 0 aliphatic heterocycles. The molecule has 0 aliphatic rings. The zero-order valence-electron chi connectivity index (χ0n) is 15.4. The summed E-state index contributed by atoms with van der Waals surface area (Å²) in [5.74, 6) is 0. The minimum absolute atomic E-state index is 0.443. The van der Waals surface area contributed by atoms with Gasteiger partial charge in [-0.15, -0.1) is 0 Å². The highest BCUT2D eigenvalue weighted by molar-refractivity contribution is 4.49. The van der Waals surface area contributed by atoms with Gasteiger partial charge in [-0.1, -0.05) is 90.9 Å². The van der Waals surface area contributed by atoms with Crippen molar-refractivity contribution in [3.63, 3.8) is 0 Å². The van der Waals surface area contributed by atoms with Crippen LogP contribution in [0.4, 0.5) is 0 Å². The average molecular weight is 317 g/mol. The number of nitrogens with zero attached hydrogens (tertiary/aromatic N) is 1. The minimum Gasteiger partial charge on any atom is -0.182 e. The van der Waals surface area contributed by atoms with Crippen LogP contribution >= 0.6 is 0 Å². The topological polar surface area (TPSA) is 40.5 Å². The van der Waals surface area contributed by atoms with Crippen LogP contribution in [0.3, 0.4) is 0 Å². The zero-order valence-corrected chi connectivity index (χ0v) is 15.4. The molecule has 0 radical (unpaired) electrons. The molecule has 3 heteroatoms. The third kappa shape index (κ3) is 16.3. The smallest absolute Gasteiger partial charge is 0.142 e. The standard InChI is InChI=1S/C19H42NO2/c1-3-5-6-7-8-9-10-11-12-13-14-15-16-17-19-20(21,22)18-4-2/h21-22H,3-19H2,1-2H3/q+1. The summed E-state index contributed by atoms with van der Waals surface area (Å²) >= 11 is 0. The third-order valence-corrected chi connectivity index (χ3v) is 4.45. The first-order valence-electron chi connectivity index (χ1n) is 9.95. The minimum atomic E-state index is -0.783. The summed E-state index contributed by atoms with van der Waals surface area (Å²) in [6.45, 7) is 5.17. The Morgan fingerprint density at radius 2 is 0.818 bits per heavy atom. The first-order chi connectivity index (χ1) is 10.6. The van der Waals surface area contributed by atoms with Crippen LogP contribution in [0.2, 0.25) is 0 Å². The molecule has 0 saturated carbocycles. The van der Waals surface area contributed by atoms with E-state index >= 15 is 0 Å². The largest absolute Gasteiger partial charge is 0.182 e. The van der Waals surface area contributed by atoms with Crippen LogP contribution in [0.1, 0.15) is 110 Å². The van der Waals surface area contributed by atoms with E-state index < -0.39 is 4.81 Å². The summed E-state index contributed by atoms with van der Waals surface area (Å²) in [6, 6.07) is 0. The van der Waals surface area contributed by atoms with Crippen molar-refractivity contribution in [1.29, 1.82) is 0 Å². The maximum atomic E-state index is 9.60. The molecular weight excluding hydrogens is 274 g/mol. The van der Waals surface area contributed by atoms with Gasteiger partial charge in [-0.3, -0.25) is 0 Å². The maximum Gasteiger partial charge on any atom is 0.142 e. The summed E-state index contributed by atoms with van der Waals surface area (Å²) < 4.78 is 0. The number of hydrogen-bond donors (Lipinski definition) is 2. The molecule has 3 nitrogen and oxygen atoms in total. The first kappa shape index (κ1) is 21.9. The Morgan fingerprint density at radius 1 is 0.455 bits per heavy atom. The predicted molar refractivity (Wildman–Crippen MR) is 94.2 cm³/mol. The van der Waals surface area contributed by atoms with Crippen LogP contribution in [0.25, 0.3) is 0 Å². The first-order valence-corrected chi connectivity index (χ1v) is 9.95. The van der Waals surface area contributed by atoms with E-state index in [9.17, 15) is 10.4 Å². The Labute approximate surface area is 139 Å². The van der Waals surface area contributed by atoms with E-state index in [0.29, 0.717) is 13.1 Å². The second-order valence-electron chi connectivity index (χ2n) is 6.92. The van der Waals surface area contributed by atoms with Gasteiger partial charge in [-0.05, 0) is 17.7 Å². The lowest BCUT2D eigenvalue weighted by Crippen LogP contribution is -2.42. The lowest BCUT2D eigenvalue weighted by Gasteiger charge is -2.20. The van der Waals surface area contributed by atoms with E-state index in [1.54, 1.807) is 0 Å². The van der Waals surface area contributed by atoms with E-state index in [4.69, 9.17) is 0 Å². The highest BCUT2D eigenvalue weighted by Crippen LogP contribution is 2.13. The summed E-state index contributed by atoms with van der Waals surface area (Å²) in [6.07, 6.45) is 19.4. The van der Waals surface area contributed by atoms with E-state index in [1.807, 2.05) is 6.92 Å². The molecule has 0 bridgehead atoms. The second-order valence-corrected chi connectivity index (χ2v) is 6.92. The fraction of sp³-hybridized carbons (Fsp3) is 1.00. The van der Waals surface area contributed by atoms with Gasteiger partial charge in [0.1, 0.15) is 13.1 Å². The summed E-state index contributed by atoms with van der Waals surface area (Å²) in [4.78, 5) is -0.783. The highest BCUT2D eigenvalue weighted by atomic mass is 16.8. The molecule has 2 N–H and O–H groups in total. The molecule has 0 unspecified atom stereocenters. The van der Waals surface area contributed by atoms with Gasteiger partial charge < -0.3 is 0 Å². The van der Waals surface area contributed by atoms with Gasteiger partial charge in [0.25, 0.3) is 0 Å². The Hall–Kier alpha value is -0.120. The van der Waals surface area contributed by atoms with Gasteiger partial charge in [0.05, 0.1) is 0 Å². The molecule has 0 fully saturated rings. The molecule has 0 rings (SSSR count). The maximum absolute atomic E-state index is 9.60. The molecule has 0 aliphatic carbocycles. The number of quaternary nitrogens is 1. The van der Waals surface area contributed by atoms with E-state index in [-0.39, 0.29) is 0 Å². The molecule has 0 aromatic rings. The number of rotatable bonds is 17. The van der Waals surface area contributed by atoms with Crippen LogP contribution in [-0.2, 0) is 0 Å². The van der Waals surface area contributed by atoms with Gasteiger partial charge in [0, 0.05) is 6.42 Å². The molecule has 134 valence electrons. The zero-order chi connectivity index (χ0) is 16.5. The Bertz CT molecular complexity index is 219. The van der Waals surface area contributed by atoms with Crippen LogP contribution in [0.5, 0.6) is 0 Å². The van der Waals surface area contributed by atoms with Crippen molar-refractivity contribution in [2.45, 2.75) is 110 Å². The number of hydroxylamine groups is 4. The highest BCUT2D eigenvalue weighted by Gasteiger charge is 2.19. The quantitative estimate of drug-likeness (QED) is 0.183. The summed E-state index contributed by atoms with van der Waals surface area (Å²) in [7, 11) is 0. The lowest BCUT2D eigenvalue weighted by atomic mass is 10.0. The van der Waals surface area contributed by atoms with Crippen LogP contribution < -0.4 is 0 Å². The van der Waals surface area contributed by atoms with Crippen molar-refractivity contribution in [3.05, 3.63) is 0 Å². The van der Waals surface area contributed by atoms with Crippen molar-refractivity contribution >= 4 is 0 Å². The molecular formula is C19H42NO2+. The van der Waals surface area contributed by atoms with Crippen molar-refractivity contribution in [2.75, 3.05) is 13.1 Å². The monoisotopic (exact) mass is 316 g/mol. The molecule has 0 atom stereocenters. The van der Waals surface area contributed by atoms with Crippen molar-refractivity contribution in [3.8, 4) is 0 Å². The van der Waals surface area contributed by atoms with Crippen molar-refractivity contribution < 1.29 is 15.2 Å². The van der Waals surface area contributed by atoms with Gasteiger partial charge in [0.2, 0.25) is 0 Å². The van der Waals surface area contributed by atoms with Gasteiger partial charge >= 0.3 is 0 Å². The van der Waals surface area contributed by atoms with Crippen LogP contribution in [0.15, 0.2) is 0 Å². The normalized spacial score (nSPS) is 12.0. The van der Waals surface area contributed by atoms with Crippen LogP contribution in [-0.4, -0.2) is 28.3 Å². The molecule has 0 saturated heterocycles. The Kier molecular flexibility index (Phi) is 15.7. The predicted octanol–water partition coefficient (Wildman–Crippen LogP) is 6.47.